The van der Waals surface area contributed by atoms with Crippen molar-refractivity contribution in [2.75, 3.05) is 7.05 Å². The highest BCUT2D eigenvalue weighted by atomic mass is 35.5. The third-order valence-electron chi connectivity index (χ3n) is 6.62. The van der Waals surface area contributed by atoms with Crippen molar-refractivity contribution in [1.82, 2.24) is 15.2 Å². The van der Waals surface area contributed by atoms with Gasteiger partial charge in [0.2, 0.25) is 5.89 Å². The lowest BCUT2D eigenvalue weighted by Crippen LogP contribution is -2.55. The molecule has 2 fully saturated rings. The average molecular weight is 432 g/mol. The molecule has 7 heteroatoms. The number of nitrogens with zero attached hydrogens (tertiary/aromatic N) is 2. The largest absolute Gasteiger partial charge is 0.439 e. The number of oxazole rings is 1. The minimum absolute atomic E-state index is 0.0987. The number of halogens is 1. The zero-order chi connectivity index (χ0) is 20.1. The van der Waals surface area contributed by atoms with Crippen LogP contribution in [0.5, 0.6) is 0 Å². The van der Waals surface area contributed by atoms with E-state index in [4.69, 9.17) is 21.0 Å². The van der Waals surface area contributed by atoms with Gasteiger partial charge in [0, 0.05) is 29.2 Å². The summed E-state index contributed by atoms with van der Waals surface area (Å²) in [6.07, 6.45) is 8.86. The first kappa shape index (κ1) is 19.5. The highest BCUT2D eigenvalue weighted by molar-refractivity contribution is 8.03. The highest BCUT2D eigenvalue weighted by Crippen LogP contribution is 2.44. The van der Waals surface area contributed by atoms with Gasteiger partial charge in [0.05, 0.1) is 10.8 Å². The molecule has 1 aromatic heterocycles. The summed E-state index contributed by atoms with van der Waals surface area (Å²) in [4.78, 5) is 21.7. The second-order valence-corrected chi connectivity index (χ2v) is 10.4. The van der Waals surface area contributed by atoms with E-state index in [-0.39, 0.29) is 17.2 Å². The Morgan fingerprint density at radius 1 is 1.31 bits per heavy atom. The number of hydrogen-bond donors (Lipinski definition) is 1. The lowest BCUT2D eigenvalue weighted by atomic mass is 9.82. The van der Waals surface area contributed by atoms with Crippen LogP contribution < -0.4 is 5.32 Å². The molecule has 2 saturated heterocycles. The predicted molar refractivity (Wildman–Crippen MR) is 117 cm³/mol. The molecule has 0 spiro atoms. The molecule has 0 saturated carbocycles. The molecular formula is C22H26ClN3O2S. The SMILES string of the molecule is CC1=CCC(c2nc3c(C(=O)NC4CC5CCCC(C4)N5C)cc(Cl)cc3o2)S1. The number of aromatic nitrogens is 1. The van der Waals surface area contributed by atoms with Crippen molar-refractivity contribution in [3.8, 4) is 0 Å². The summed E-state index contributed by atoms with van der Waals surface area (Å²) >= 11 is 8.07. The van der Waals surface area contributed by atoms with E-state index in [2.05, 4.69) is 30.3 Å². The van der Waals surface area contributed by atoms with Crippen molar-refractivity contribution in [2.45, 2.75) is 68.8 Å². The first-order valence-electron chi connectivity index (χ1n) is 10.4. The van der Waals surface area contributed by atoms with E-state index in [1.165, 1.54) is 24.2 Å². The molecule has 2 aromatic rings. The number of nitrogens with one attached hydrogen (secondary N) is 1. The quantitative estimate of drug-likeness (QED) is 0.713. The molecule has 154 valence electrons. The average Bonchev–Trinajstić information content (AvgIpc) is 3.27. The number of amides is 1. The molecular weight excluding hydrogens is 406 g/mol. The second-order valence-electron chi connectivity index (χ2n) is 8.55. The van der Waals surface area contributed by atoms with E-state index in [1.54, 1.807) is 23.9 Å². The normalized spacial score (nSPS) is 29.8. The summed E-state index contributed by atoms with van der Waals surface area (Å²) in [7, 11) is 2.22. The van der Waals surface area contributed by atoms with Gasteiger partial charge in [-0.2, -0.15) is 0 Å². The first-order chi connectivity index (χ1) is 14.0. The number of fused-ring (bicyclic) bond motifs is 3. The van der Waals surface area contributed by atoms with Crippen molar-refractivity contribution < 1.29 is 9.21 Å². The fraction of sp³-hybridized carbons (Fsp3) is 0.545. The second kappa shape index (κ2) is 7.64. The number of piperidine rings is 2. The standard InChI is InChI=1S/C22H26ClN3O2S/c1-12-6-7-19(29-12)22-25-20-17(8-13(23)9-18(20)28-22)21(27)24-14-10-15-4-3-5-16(11-14)26(15)2/h6,8-9,14-16,19H,3-5,7,10-11H2,1-2H3,(H,24,27). The molecule has 3 unspecified atom stereocenters. The number of allylic oxidation sites excluding steroid dienone is 2. The Hall–Kier alpha value is -1.50. The van der Waals surface area contributed by atoms with Crippen molar-refractivity contribution in [3.05, 3.63) is 39.6 Å². The molecule has 5 rings (SSSR count). The number of hydrogen-bond acceptors (Lipinski definition) is 5. The van der Waals surface area contributed by atoms with E-state index in [0.717, 1.165) is 19.3 Å². The molecule has 1 aromatic carbocycles. The van der Waals surface area contributed by atoms with Crippen molar-refractivity contribution >= 4 is 40.4 Å². The molecule has 1 amide bonds. The number of carbonyl (C=O) groups excluding carboxylic acids is 1. The molecule has 5 nitrogen and oxygen atoms in total. The van der Waals surface area contributed by atoms with Gasteiger partial charge >= 0.3 is 0 Å². The van der Waals surface area contributed by atoms with E-state index in [9.17, 15) is 4.79 Å². The summed E-state index contributed by atoms with van der Waals surface area (Å²) in [5.41, 5.74) is 1.71. The van der Waals surface area contributed by atoms with Gasteiger partial charge in [-0.05, 0) is 57.0 Å². The summed E-state index contributed by atoms with van der Waals surface area (Å²) in [5, 5.41) is 3.94. The number of benzene rings is 1. The van der Waals surface area contributed by atoms with Gasteiger partial charge in [-0.15, -0.1) is 11.8 Å². The van der Waals surface area contributed by atoms with Crippen LogP contribution in [0.25, 0.3) is 11.1 Å². The van der Waals surface area contributed by atoms with Crippen molar-refractivity contribution in [3.63, 3.8) is 0 Å². The Labute approximate surface area is 180 Å². The molecule has 3 aliphatic rings. The lowest BCUT2D eigenvalue weighted by Gasteiger charge is -2.47. The maximum atomic E-state index is 13.2. The van der Waals surface area contributed by atoms with Gasteiger partial charge in [-0.3, -0.25) is 4.79 Å². The highest BCUT2D eigenvalue weighted by Gasteiger charge is 2.36. The summed E-state index contributed by atoms with van der Waals surface area (Å²) in [5.74, 6) is 0.571. The molecule has 0 radical (unpaired) electrons. The number of carbonyl (C=O) groups is 1. The molecule has 3 aliphatic heterocycles. The van der Waals surface area contributed by atoms with Crippen LogP contribution in [-0.4, -0.2) is 41.0 Å². The van der Waals surface area contributed by atoms with Gasteiger partial charge in [0.15, 0.2) is 5.58 Å². The fourth-order valence-electron chi connectivity index (χ4n) is 5.07. The third kappa shape index (κ3) is 3.71. The van der Waals surface area contributed by atoms with Gasteiger partial charge in [0.25, 0.3) is 5.91 Å². The van der Waals surface area contributed by atoms with Crippen LogP contribution in [-0.2, 0) is 0 Å². The van der Waals surface area contributed by atoms with Gasteiger partial charge in [-0.1, -0.05) is 24.1 Å². The van der Waals surface area contributed by atoms with Gasteiger partial charge in [0.1, 0.15) is 5.52 Å². The van der Waals surface area contributed by atoms with Crippen LogP contribution in [0.2, 0.25) is 5.02 Å². The minimum Gasteiger partial charge on any atom is -0.439 e. The van der Waals surface area contributed by atoms with Crippen molar-refractivity contribution in [2.24, 2.45) is 0 Å². The molecule has 3 atom stereocenters. The number of rotatable bonds is 3. The maximum Gasteiger partial charge on any atom is 0.253 e. The van der Waals surface area contributed by atoms with Crippen molar-refractivity contribution in [1.29, 1.82) is 0 Å². The Morgan fingerprint density at radius 3 is 2.76 bits per heavy atom. The van der Waals surface area contributed by atoms with Crippen LogP contribution in [0.1, 0.15) is 66.9 Å². The van der Waals surface area contributed by atoms with Crippen LogP contribution in [0.4, 0.5) is 0 Å². The Balaban J connectivity index is 1.39. The summed E-state index contributed by atoms with van der Waals surface area (Å²) in [6.45, 7) is 2.10. The Bertz CT molecular complexity index is 974. The van der Waals surface area contributed by atoms with Gasteiger partial charge in [-0.25, -0.2) is 4.98 Å². The van der Waals surface area contributed by atoms with Crippen LogP contribution in [0.15, 0.2) is 27.5 Å². The molecule has 1 N–H and O–H groups in total. The summed E-state index contributed by atoms with van der Waals surface area (Å²) in [6, 6.07) is 4.81. The topological polar surface area (TPSA) is 58.4 Å². The molecule has 0 aliphatic carbocycles. The first-order valence-corrected chi connectivity index (χ1v) is 11.7. The van der Waals surface area contributed by atoms with E-state index >= 15 is 0 Å². The smallest absolute Gasteiger partial charge is 0.253 e. The monoisotopic (exact) mass is 431 g/mol. The van der Waals surface area contributed by atoms with Crippen LogP contribution in [0, 0.1) is 0 Å². The van der Waals surface area contributed by atoms with E-state index < -0.39 is 0 Å². The molecule has 29 heavy (non-hydrogen) atoms. The maximum absolute atomic E-state index is 13.2. The number of thioether (sulfide) groups is 1. The third-order valence-corrected chi connectivity index (χ3v) is 8.05. The molecule has 2 bridgehead atoms. The fourth-order valence-corrected chi connectivity index (χ4v) is 6.31. The van der Waals surface area contributed by atoms with E-state index in [1.807, 2.05) is 0 Å². The minimum atomic E-state index is -0.0987. The van der Waals surface area contributed by atoms with Crippen LogP contribution >= 0.6 is 23.4 Å². The van der Waals surface area contributed by atoms with E-state index in [0.29, 0.717) is 39.7 Å². The zero-order valence-electron chi connectivity index (χ0n) is 16.8. The van der Waals surface area contributed by atoms with Gasteiger partial charge < -0.3 is 14.6 Å². The lowest BCUT2D eigenvalue weighted by molar-refractivity contribution is 0.0463. The summed E-state index contributed by atoms with van der Waals surface area (Å²) < 4.78 is 6.00. The zero-order valence-corrected chi connectivity index (χ0v) is 18.4. The Morgan fingerprint density at radius 2 is 2.07 bits per heavy atom. The van der Waals surface area contributed by atoms with Crippen LogP contribution in [0.3, 0.4) is 0 Å². The Kier molecular flexibility index (Phi) is 5.13. The molecule has 4 heterocycles. The predicted octanol–water partition coefficient (Wildman–Crippen LogP) is 5.31.